The second-order valence-corrected chi connectivity index (χ2v) is 10.4. The number of alkyl halides is 3. The Morgan fingerprint density at radius 1 is 1.00 bits per heavy atom. The molecule has 5 rings (SSSR count). The Bertz CT molecular complexity index is 1560. The molecule has 0 radical (unpaired) electrons. The lowest BCUT2D eigenvalue weighted by Gasteiger charge is -2.31. The van der Waals surface area contributed by atoms with Crippen LogP contribution in [0.15, 0.2) is 60.7 Å². The van der Waals surface area contributed by atoms with E-state index in [0.29, 0.717) is 5.75 Å². The molecule has 212 valence electrons. The number of carbonyl (C=O) groups is 1. The molecule has 0 aromatic heterocycles. The summed E-state index contributed by atoms with van der Waals surface area (Å²) < 4.78 is 62.2. The quantitative estimate of drug-likeness (QED) is 0.299. The number of para-hydroxylation sites is 2. The Kier molecular flexibility index (Phi) is 7.35. The molecule has 1 amide bonds. The highest BCUT2D eigenvalue weighted by Gasteiger charge is 2.51. The summed E-state index contributed by atoms with van der Waals surface area (Å²) in [5.74, 6) is -0.865. The van der Waals surface area contributed by atoms with Crippen molar-refractivity contribution in [3.05, 3.63) is 77.6 Å². The third-order valence-corrected chi connectivity index (χ3v) is 7.44. The molecule has 2 heterocycles. The van der Waals surface area contributed by atoms with Crippen LogP contribution in [-0.4, -0.2) is 42.7 Å². The van der Waals surface area contributed by atoms with Crippen molar-refractivity contribution in [2.45, 2.75) is 25.6 Å². The molecule has 3 aromatic rings. The second-order valence-electron chi connectivity index (χ2n) is 10.1. The zero-order chi connectivity index (χ0) is 29.5. The van der Waals surface area contributed by atoms with Crippen LogP contribution in [0, 0.1) is 17.1 Å². The second kappa shape index (κ2) is 10.6. The van der Waals surface area contributed by atoms with Gasteiger partial charge in [-0.3, -0.25) is 9.69 Å². The van der Waals surface area contributed by atoms with E-state index in [1.54, 1.807) is 26.0 Å². The predicted octanol–water partition coefficient (Wildman–Crippen LogP) is 5.83. The molecule has 3 aromatic carbocycles. The number of benzene rings is 3. The highest BCUT2D eigenvalue weighted by molar-refractivity contribution is 7.81. The maximum atomic E-state index is 15.5. The van der Waals surface area contributed by atoms with Crippen molar-refractivity contribution < 1.29 is 27.1 Å². The first-order chi connectivity index (χ1) is 19.4. The molecule has 2 aliphatic heterocycles. The Labute approximate surface area is 239 Å². The van der Waals surface area contributed by atoms with Crippen molar-refractivity contribution in [1.29, 1.82) is 5.26 Å². The van der Waals surface area contributed by atoms with Gasteiger partial charge in [-0.05, 0) is 68.5 Å². The summed E-state index contributed by atoms with van der Waals surface area (Å²) in [4.78, 5) is 17.9. The lowest BCUT2D eigenvalue weighted by molar-refractivity contribution is -0.137. The number of carbonyl (C=O) groups excluding carboxylic acids is 1. The standard InChI is InChI=1S/C29H25F4N5O2S/c1-28(2)26(39)37(19-8-7-18(17-34)21(15-19)29(31,32)33)27(41)38(28)20-9-10-24(22(30)16-20)40-25-6-4-3-5-23(25)36-13-11-35-12-14-36/h3-10,15-16,35H,11-14H2,1-2H3. The predicted molar refractivity (Wildman–Crippen MR) is 151 cm³/mol. The van der Waals surface area contributed by atoms with Crippen LogP contribution in [0.3, 0.4) is 0 Å². The third kappa shape index (κ3) is 5.18. The fraction of sp³-hybridized carbons (Fsp3) is 0.276. The van der Waals surface area contributed by atoms with Crippen LogP contribution in [-0.2, 0) is 11.0 Å². The number of piperazine rings is 1. The monoisotopic (exact) mass is 583 g/mol. The van der Waals surface area contributed by atoms with Gasteiger partial charge in [-0.25, -0.2) is 4.39 Å². The van der Waals surface area contributed by atoms with Crippen LogP contribution in [0.2, 0.25) is 0 Å². The Morgan fingerprint density at radius 3 is 2.34 bits per heavy atom. The SMILES string of the molecule is CC1(C)C(=O)N(c2ccc(C#N)c(C(F)(F)F)c2)C(=S)N1c1ccc(Oc2ccccc2N2CCNCC2)c(F)c1. The van der Waals surface area contributed by atoms with E-state index in [1.807, 2.05) is 12.1 Å². The Hall–Kier alpha value is -4.21. The van der Waals surface area contributed by atoms with Gasteiger partial charge in [0.05, 0.1) is 28.6 Å². The number of halogens is 4. The van der Waals surface area contributed by atoms with Gasteiger partial charge in [-0.2, -0.15) is 18.4 Å². The van der Waals surface area contributed by atoms with Gasteiger partial charge in [0.2, 0.25) is 0 Å². The average Bonchev–Trinajstić information content (AvgIpc) is 3.12. The number of rotatable bonds is 5. The van der Waals surface area contributed by atoms with Crippen LogP contribution >= 0.6 is 12.2 Å². The Morgan fingerprint density at radius 2 is 1.68 bits per heavy atom. The van der Waals surface area contributed by atoms with E-state index in [-0.39, 0.29) is 22.2 Å². The van der Waals surface area contributed by atoms with E-state index in [2.05, 4.69) is 10.2 Å². The largest absolute Gasteiger partial charge is 0.452 e. The molecule has 0 saturated carbocycles. The van der Waals surface area contributed by atoms with Gasteiger partial charge in [0.1, 0.15) is 5.54 Å². The number of anilines is 3. The minimum absolute atomic E-state index is 0.0376. The molecule has 2 fully saturated rings. The van der Waals surface area contributed by atoms with Crippen molar-refractivity contribution in [2.75, 3.05) is 40.9 Å². The molecule has 2 saturated heterocycles. The summed E-state index contributed by atoms with van der Waals surface area (Å²) in [5, 5.41) is 12.3. The van der Waals surface area contributed by atoms with Crippen molar-refractivity contribution in [3.8, 4) is 17.6 Å². The topological polar surface area (TPSA) is 71.8 Å². The van der Waals surface area contributed by atoms with Crippen molar-refractivity contribution in [3.63, 3.8) is 0 Å². The molecule has 2 aliphatic rings. The first-order valence-corrected chi connectivity index (χ1v) is 13.2. The van der Waals surface area contributed by atoms with Crippen molar-refractivity contribution in [2.24, 2.45) is 0 Å². The summed E-state index contributed by atoms with van der Waals surface area (Å²) in [6.07, 6.45) is -4.82. The van der Waals surface area contributed by atoms with Gasteiger partial charge in [0.15, 0.2) is 22.4 Å². The van der Waals surface area contributed by atoms with E-state index >= 15 is 4.39 Å². The van der Waals surface area contributed by atoms with Crippen LogP contribution in [0.4, 0.5) is 34.6 Å². The summed E-state index contributed by atoms with van der Waals surface area (Å²) in [6.45, 7) is 6.27. The van der Waals surface area contributed by atoms with Crippen LogP contribution in [0.25, 0.3) is 0 Å². The van der Waals surface area contributed by atoms with Gasteiger partial charge in [-0.1, -0.05) is 12.1 Å². The van der Waals surface area contributed by atoms with E-state index in [0.717, 1.165) is 48.9 Å². The van der Waals surface area contributed by atoms with E-state index < -0.39 is 34.6 Å². The highest BCUT2D eigenvalue weighted by Crippen LogP contribution is 2.41. The number of nitriles is 1. The first kappa shape index (κ1) is 28.3. The van der Waals surface area contributed by atoms with Gasteiger partial charge >= 0.3 is 6.18 Å². The highest BCUT2D eigenvalue weighted by atomic mass is 32.1. The molecule has 41 heavy (non-hydrogen) atoms. The lowest BCUT2D eigenvalue weighted by Crippen LogP contribution is -2.44. The minimum Gasteiger partial charge on any atom is -0.452 e. The fourth-order valence-corrected chi connectivity index (χ4v) is 5.52. The molecule has 12 heteroatoms. The maximum absolute atomic E-state index is 15.5. The van der Waals surface area contributed by atoms with Gasteiger partial charge in [0, 0.05) is 37.9 Å². The normalized spacial score (nSPS) is 17.1. The molecule has 0 unspecified atom stereocenters. The number of ether oxygens (including phenoxy) is 1. The summed E-state index contributed by atoms with van der Waals surface area (Å²) in [6, 6.07) is 15.9. The smallest absolute Gasteiger partial charge is 0.417 e. The summed E-state index contributed by atoms with van der Waals surface area (Å²) >= 11 is 5.54. The number of amides is 1. The number of thiocarbonyl (C=S) groups is 1. The maximum Gasteiger partial charge on any atom is 0.417 e. The average molecular weight is 584 g/mol. The van der Waals surface area contributed by atoms with Crippen LogP contribution < -0.4 is 24.8 Å². The summed E-state index contributed by atoms with van der Waals surface area (Å²) in [7, 11) is 0. The first-order valence-electron chi connectivity index (χ1n) is 12.8. The van der Waals surface area contributed by atoms with Crippen LogP contribution in [0.1, 0.15) is 25.0 Å². The van der Waals surface area contributed by atoms with E-state index in [4.69, 9.17) is 22.2 Å². The molecule has 7 nitrogen and oxygen atoms in total. The van der Waals surface area contributed by atoms with Gasteiger partial charge < -0.3 is 19.9 Å². The number of hydrogen-bond acceptors (Lipinski definition) is 6. The number of nitrogens with one attached hydrogen (secondary N) is 1. The fourth-order valence-electron chi connectivity index (χ4n) is 5.00. The number of nitrogens with zero attached hydrogens (tertiary/aromatic N) is 4. The molecular weight excluding hydrogens is 558 g/mol. The Balaban J connectivity index is 1.45. The van der Waals surface area contributed by atoms with Crippen molar-refractivity contribution >= 4 is 40.3 Å². The molecule has 0 bridgehead atoms. The zero-order valence-electron chi connectivity index (χ0n) is 22.1. The molecule has 0 atom stereocenters. The third-order valence-electron chi connectivity index (χ3n) is 7.07. The molecule has 0 spiro atoms. The van der Waals surface area contributed by atoms with Gasteiger partial charge in [0.25, 0.3) is 5.91 Å². The van der Waals surface area contributed by atoms with Crippen molar-refractivity contribution in [1.82, 2.24) is 5.32 Å². The van der Waals surface area contributed by atoms with Gasteiger partial charge in [-0.15, -0.1) is 0 Å². The molecule has 0 aliphatic carbocycles. The number of hydrogen-bond donors (Lipinski definition) is 1. The summed E-state index contributed by atoms with van der Waals surface area (Å²) in [5.41, 5.74) is -2.20. The molecular formula is C29H25F4N5O2S. The molecule has 1 N–H and O–H groups in total. The minimum atomic E-state index is -4.82. The zero-order valence-corrected chi connectivity index (χ0v) is 22.9. The van der Waals surface area contributed by atoms with E-state index in [1.165, 1.54) is 35.2 Å². The van der Waals surface area contributed by atoms with Crippen LogP contribution in [0.5, 0.6) is 11.5 Å². The van der Waals surface area contributed by atoms with E-state index in [9.17, 15) is 18.0 Å². The lowest BCUT2D eigenvalue weighted by atomic mass is 10.0.